The van der Waals surface area contributed by atoms with E-state index in [1.807, 2.05) is 54.6 Å². The third-order valence-electron chi connectivity index (χ3n) is 5.71. The predicted molar refractivity (Wildman–Crippen MR) is 117 cm³/mol. The van der Waals surface area contributed by atoms with E-state index in [1.165, 1.54) is 0 Å². The first-order valence-corrected chi connectivity index (χ1v) is 10.8. The maximum atomic E-state index is 12.8. The Balaban J connectivity index is 1.37. The molecule has 2 aliphatic heterocycles. The molecular weight excluding hydrogens is 394 g/mol. The zero-order valence-electron chi connectivity index (χ0n) is 17.5. The lowest BCUT2D eigenvalue weighted by Crippen LogP contribution is -2.40. The molecule has 1 unspecified atom stereocenters. The SMILES string of the molecule is O=C(CCC(=O)N1CCOc2ccccc21)NC(CN1CCCC1=O)c1ccccc1. The topological polar surface area (TPSA) is 79.0 Å². The molecule has 1 N–H and O–H groups in total. The van der Waals surface area contributed by atoms with Crippen LogP contribution in [-0.2, 0) is 14.4 Å². The number of likely N-dealkylation sites (tertiary alicyclic amines) is 1. The van der Waals surface area contributed by atoms with Crippen molar-refractivity contribution in [2.24, 2.45) is 0 Å². The molecule has 2 aromatic carbocycles. The molecule has 0 bridgehead atoms. The monoisotopic (exact) mass is 421 g/mol. The summed E-state index contributed by atoms with van der Waals surface area (Å²) >= 11 is 0. The molecule has 7 nitrogen and oxygen atoms in total. The zero-order valence-corrected chi connectivity index (χ0v) is 17.5. The minimum Gasteiger partial charge on any atom is -0.490 e. The van der Waals surface area contributed by atoms with Gasteiger partial charge < -0.3 is 19.9 Å². The number of fused-ring (bicyclic) bond motifs is 1. The molecule has 162 valence electrons. The molecule has 2 aromatic rings. The van der Waals surface area contributed by atoms with Crippen LogP contribution in [-0.4, -0.2) is 48.9 Å². The fourth-order valence-electron chi connectivity index (χ4n) is 4.09. The molecule has 0 saturated carbocycles. The van der Waals surface area contributed by atoms with Crippen molar-refractivity contribution in [3.8, 4) is 5.75 Å². The molecule has 3 amide bonds. The normalized spacial score (nSPS) is 16.5. The summed E-state index contributed by atoms with van der Waals surface area (Å²) in [6.45, 7) is 2.07. The molecule has 1 atom stereocenters. The number of hydrogen-bond acceptors (Lipinski definition) is 4. The van der Waals surface area contributed by atoms with E-state index < -0.39 is 0 Å². The Labute approximate surface area is 182 Å². The minimum atomic E-state index is -0.296. The number of rotatable bonds is 7. The Morgan fingerprint density at radius 1 is 1.00 bits per heavy atom. The number of carbonyl (C=O) groups is 3. The Hall–Kier alpha value is -3.35. The van der Waals surface area contributed by atoms with E-state index in [-0.39, 0.29) is 36.6 Å². The van der Waals surface area contributed by atoms with Gasteiger partial charge in [0.25, 0.3) is 0 Å². The van der Waals surface area contributed by atoms with Gasteiger partial charge in [-0.15, -0.1) is 0 Å². The summed E-state index contributed by atoms with van der Waals surface area (Å²) in [7, 11) is 0. The van der Waals surface area contributed by atoms with Crippen molar-refractivity contribution in [3.05, 3.63) is 60.2 Å². The van der Waals surface area contributed by atoms with Crippen LogP contribution in [0.3, 0.4) is 0 Å². The van der Waals surface area contributed by atoms with E-state index in [2.05, 4.69) is 5.32 Å². The van der Waals surface area contributed by atoms with E-state index in [9.17, 15) is 14.4 Å². The van der Waals surface area contributed by atoms with E-state index >= 15 is 0 Å². The summed E-state index contributed by atoms with van der Waals surface area (Å²) in [4.78, 5) is 41.0. The first-order valence-electron chi connectivity index (χ1n) is 10.8. The fraction of sp³-hybridized carbons (Fsp3) is 0.375. The lowest BCUT2D eigenvalue weighted by atomic mass is 10.1. The van der Waals surface area contributed by atoms with Crippen molar-refractivity contribution in [2.75, 3.05) is 31.1 Å². The van der Waals surface area contributed by atoms with Gasteiger partial charge in [-0.2, -0.15) is 0 Å². The van der Waals surface area contributed by atoms with Crippen molar-refractivity contribution < 1.29 is 19.1 Å². The van der Waals surface area contributed by atoms with Crippen molar-refractivity contribution in [2.45, 2.75) is 31.7 Å². The van der Waals surface area contributed by atoms with Crippen LogP contribution in [0.5, 0.6) is 5.75 Å². The Morgan fingerprint density at radius 2 is 1.77 bits per heavy atom. The van der Waals surface area contributed by atoms with Gasteiger partial charge >= 0.3 is 0 Å². The first-order chi connectivity index (χ1) is 15.1. The van der Waals surface area contributed by atoms with Crippen LogP contribution >= 0.6 is 0 Å². The fourth-order valence-corrected chi connectivity index (χ4v) is 4.09. The van der Waals surface area contributed by atoms with Crippen molar-refractivity contribution in [3.63, 3.8) is 0 Å². The maximum absolute atomic E-state index is 12.8. The van der Waals surface area contributed by atoms with E-state index in [1.54, 1.807) is 9.80 Å². The second-order valence-corrected chi connectivity index (χ2v) is 7.84. The minimum absolute atomic E-state index is 0.0929. The van der Waals surface area contributed by atoms with Gasteiger partial charge in [-0.25, -0.2) is 0 Å². The molecule has 2 heterocycles. The number of nitrogens with zero attached hydrogens (tertiary/aromatic N) is 2. The van der Waals surface area contributed by atoms with Gasteiger partial charge in [0.05, 0.1) is 18.3 Å². The number of carbonyl (C=O) groups excluding carboxylic acids is 3. The number of benzene rings is 2. The number of para-hydroxylation sites is 2. The van der Waals surface area contributed by atoms with E-state index in [0.717, 1.165) is 17.7 Å². The summed E-state index contributed by atoms with van der Waals surface area (Å²) < 4.78 is 5.60. The van der Waals surface area contributed by atoms with Crippen LogP contribution in [0.2, 0.25) is 0 Å². The van der Waals surface area contributed by atoms with Crippen molar-refractivity contribution >= 4 is 23.4 Å². The van der Waals surface area contributed by atoms with Gasteiger partial charge in [0.1, 0.15) is 12.4 Å². The quantitative estimate of drug-likeness (QED) is 0.746. The maximum Gasteiger partial charge on any atom is 0.227 e. The highest BCUT2D eigenvalue weighted by molar-refractivity contribution is 5.97. The average molecular weight is 421 g/mol. The predicted octanol–water partition coefficient (Wildman–Crippen LogP) is 2.67. The largest absolute Gasteiger partial charge is 0.490 e. The van der Waals surface area contributed by atoms with Crippen LogP contribution in [0.1, 0.15) is 37.3 Å². The third-order valence-corrected chi connectivity index (χ3v) is 5.71. The first kappa shape index (κ1) is 20.9. The summed E-state index contributed by atoms with van der Waals surface area (Å²) in [5, 5.41) is 3.03. The molecule has 31 heavy (non-hydrogen) atoms. The Morgan fingerprint density at radius 3 is 2.55 bits per heavy atom. The van der Waals surface area contributed by atoms with E-state index in [4.69, 9.17) is 4.74 Å². The second kappa shape index (κ2) is 9.64. The molecule has 0 spiro atoms. The molecular formula is C24H27N3O4. The summed E-state index contributed by atoms with van der Waals surface area (Å²) in [6.07, 6.45) is 1.62. The highest BCUT2D eigenvalue weighted by Crippen LogP contribution is 2.31. The standard InChI is InChI=1S/C24H27N3O4/c28-22(12-13-24(30)27-15-16-31-21-10-5-4-9-20(21)27)25-19(18-7-2-1-3-8-18)17-26-14-6-11-23(26)29/h1-5,7-10,19H,6,11-17H2,(H,25,28). The number of anilines is 1. The third kappa shape index (κ3) is 5.05. The van der Waals surface area contributed by atoms with Gasteiger partial charge in [-0.3, -0.25) is 14.4 Å². The van der Waals surface area contributed by atoms with Crippen LogP contribution in [0.25, 0.3) is 0 Å². The molecule has 0 aromatic heterocycles. The Bertz CT molecular complexity index is 947. The zero-order chi connectivity index (χ0) is 21.6. The lowest BCUT2D eigenvalue weighted by molar-refractivity contribution is -0.129. The van der Waals surface area contributed by atoms with Gasteiger partial charge in [0, 0.05) is 32.4 Å². The van der Waals surface area contributed by atoms with Gasteiger partial charge in [-0.1, -0.05) is 42.5 Å². The molecule has 2 aliphatic rings. The summed E-state index contributed by atoms with van der Waals surface area (Å²) in [5.74, 6) is 0.509. The van der Waals surface area contributed by atoms with Gasteiger partial charge in [0.2, 0.25) is 17.7 Å². The highest BCUT2D eigenvalue weighted by Gasteiger charge is 2.27. The summed E-state index contributed by atoms with van der Waals surface area (Å²) in [6, 6.07) is 16.8. The van der Waals surface area contributed by atoms with Crippen LogP contribution in [0.4, 0.5) is 5.69 Å². The van der Waals surface area contributed by atoms with Gasteiger partial charge in [0.15, 0.2) is 0 Å². The molecule has 1 fully saturated rings. The van der Waals surface area contributed by atoms with Crippen LogP contribution in [0.15, 0.2) is 54.6 Å². The number of hydrogen-bond donors (Lipinski definition) is 1. The van der Waals surface area contributed by atoms with Crippen LogP contribution in [0, 0.1) is 0 Å². The molecule has 0 radical (unpaired) electrons. The highest BCUT2D eigenvalue weighted by atomic mass is 16.5. The molecule has 1 saturated heterocycles. The Kier molecular flexibility index (Phi) is 6.50. The lowest BCUT2D eigenvalue weighted by Gasteiger charge is -2.29. The summed E-state index contributed by atoms with van der Waals surface area (Å²) in [5.41, 5.74) is 1.69. The van der Waals surface area contributed by atoms with Crippen molar-refractivity contribution in [1.82, 2.24) is 10.2 Å². The van der Waals surface area contributed by atoms with Crippen LogP contribution < -0.4 is 15.0 Å². The number of ether oxygens (including phenoxy) is 1. The van der Waals surface area contributed by atoms with Crippen molar-refractivity contribution in [1.29, 1.82) is 0 Å². The van der Waals surface area contributed by atoms with Gasteiger partial charge in [-0.05, 0) is 24.1 Å². The molecule has 4 rings (SSSR count). The number of nitrogens with one attached hydrogen (secondary N) is 1. The molecule has 0 aliphatic carbocycles. The smallest absolute Gasteiger partial charge is 0.227 e. The van der Waals surface area contributed by atoms with E-state index in [0.29, 0.717) is 38.4 Å². The second-order valence-electron chi connectivity index (χ2n) is 7.84. The average Bonchev–Trinajstić information content (AvgIpc) is 3.21. The molecule has 7 heteroatoms. The number of amides is 3.